The second-order valence-corrected chi connectivity index (χ2v) is 9.60. The number of ether oxygens (including phenoxy) is 2. The summed E-state index contributed by atoms with van der Waals surface area (Å²) in [6.07, 6.45) is 3.28. The third-order valence-corrected chi connectivity index (χ3v) is 7.06. The standard InChI is InChI=1S/C28H24F3N7O3/c1-36-13-21(25(35-36)28(29,30)31)18-8-16(12-37-7-5-32-15-37)9-19-17(18)4-6-38(27(19)39)26-20-10-23(40-2)24(41-3)11-22(20)33-14-34-26/h5,7-11,13-15H,4,6,12H2,1-3H3. The molecule has 0 saturated carbocycles. The Bertz CT molecular complexity index is 1780. The van der Waals surface area contributed by atoms with Crippen LogP contribution in [0.3, 0.4) is 0 Å². The summed E-state index contributed by atoms with van der Waals surface area (Å²) in [6.45, 7) is 0.504. The Kier molecular flexibility index (Phi) is 6.36. The van der Waals surface area contributed by atoms with Gasteiger partial charge in [-0.15, -0.1) is 0 Å². The highest BCUT2D eigenvalue weighted by Crippen LogP contribution is 2.41. The van der Waals surface area contributed by atoms with Gasteiger partial charge in [-0.05, 0) is 41.3 Å². The minimum Gasteiger partial charge on any atom is -0.493 e. The fraction of sp³-hybridized carbons (Fsp3) is 0.250. The summed E-state index contributed by atoms with van der Waals surface area (Å²) in [5.74, 6) is 0.908. The van der Waals surface area contributed by atoms with E-state index in [4.69, 9.17) is 9.47 Å². The molecule has 0 fully saturated rings. The first-order valence-corrected chi connectivity index (χ1v) is 12.6. The second kappa shape index (κ2) is 9.91. The largest absolute Gasteiger partial charge is 0.493 e. The molecule has 0 N–H and O–H groups in total. The van der Waals surface area contributed by atoms with E-state index < -0.39 is 11.9 Å². The Labute approximate surface area is 232 Å². The van der Waals surface area contributed by atoms with E-state index in [1.807, 2.05) is 0 Å². The first-order valence-electron chi connectivity index (χ1n) is 12.6. The van der Waals surface area contributed by atoms with E-state index >= 15 is 0 Å². The van der Waals surface area contributed by atoms with Crippen LogP contribution in [-0.2, 0) is 26.2 Å². The van der Waals surface area contributed by atoms with E-state index in [-0.39, 0.29) is 18.0 Å². The van der Waals surface area contributed by atoms with E-state index in [0.29, 0.717) is 63.4 Å². The number of anilines is 1. The lowest BCUT2D eigenvalue weighted by Crippen LogP contribution is -2.38. The first kappa shape index (κ1) is 26.3. The quantitative estimate of drug-likeness (QED) is 0.300. The minimum atomic E-state index is -4.67. The molecular weight excluding hydrogens is 539 g/mol. The minimum absolute atomic E-state index is 0.0747. The number of methoxy groups -OCH3 is 2. The fourth-order valence-corrected chi connectivity index (χ4v) is 5.27. The molecule has 0 atom stereocenters. The number of hydrogen-bond acceptors (Lipinski definition) is 7. The summed E-state index contributed by atoms with van der Waals surface area (Å²) in [7, 11) is 4.46. The highest BCUT2D eigenvalue weighted by Gasteiger charge is 2.39. The van der Waals surface area contributed by atoms with Crippen molar-refractivity contribution in [2.24, 2.45) is 7.05 Å². The second-order valence-electron chi connectivity index (χ2n) is 9.60. The molecule has 2 aromatic carbocycles. The zero-order valence-electron chi connectivity index (χ0n) is 22.3. The maximum atomic E-state index is 14.1. The fourth-order valence-electron chi connectivity index (χ4n) is 5.27. The third-order valence-electron chi connectivity index (χ3n) is 7.06. The molecule has 6 rings (SSSR count). The van der Waals surface area contributed by atoms with E-state index in [2.05, 4.69) is 20.1 Å². The summed E-state index contributed by atoms with van der Waals surface area (Å²) in [5, 5.41) is 4.27. The topological polar surface area (TPSA) is 100 Å². The van der Waals surface area contributed by atoms with Crippen molar-refractivity contribution in [3.8, 4) is 22.6 Å². The number of benzene rings is 2. The predicted octanol–water partition coefficient (Wildman–Crippen LogP) is 4.51. The van der Waals surface area contributed by atoms with Crippen LogP contribution in [0.1, 0.15) is 27.2 Å². The maximum Gasteiger partial charge on any atom is 0.435 e. The summed E-state index contributed by atoms with van der Waals surface area (Å²) in [6, 6.07) is 6.83. The van der Waals surface area contributed by atoms with Crippen LogP contribution in [0, 0.1) is 0 Å². The monoisotopic (exact) mass is 563 g/mol. The Morgan fingerprint density at radius 2 is 1.76 bits per heavy atom. The number of aryl methyl sites for hydroxylation is 1. The molecule has 0 spiro atoms. The molecule has 210 valence electrons. The van der Waals surface area contributed by atoms with Gasteiger partial charge in [0.15, 0.2) is 17.2 Å². The van der Waals surface area contributed by atoms with Crippen LogP contribution in [0.4, 0.5) is 19.0 Å². The number of alkyl halides is 3. The van der Waals surface area contributed by atoms with Crippen molar-refractivity contribution >= 4 is 22.6 Å². The highest BCUT2D eigenvalue weighted by molar-refractivity contribution is 6.12. The Hall–Kier alpha value is -4.94. The number of rotatable bonds is 6. The molecule has 0 radical (unpaired) electrons. The zero-order valence-corrected chi connectivity index (χ0v) is 22.3. The van der Waals surface area contributed by atoms with Crippen molar-refractivity contribution in [1.29, 1.82) is 0 Å². The van der Waals surface area contributed by atoms with Gasteiger partial charge in [-0.2, -0.15) is 18.3 Å². The van der Waals surface area contributed by atoms with Gasteiger partial charge >= 0.3 is 6.18 Å². The van der Waals surface area contributed by atoms with Crippen molar-refractivity contribution < 1.29 is 27.4 Å². The Balaban J connectivity index is 1.51. The number of carbonyl (C=O) groups excluding carboxylic acids is 1. The molecular formula is C28H24F3N7O3. The molecule has 1 aliphatic rings. The van der Waals surface area contributed by atoms with Gasteiger partial charge in [0.1, 0.15) is 12.1 Å². The van der Waals surface area contributed by atoms with Crippen LogP contribution in [0.15, 0.2) is 55.5 Å². The number of nitrogens with zero attached hydrogens (tertiary/aromatic N) is 7. The van der Waals surface area contributed by atoms with Gasteiger partial charge in [-0.1, -0.05) is 0 Å². The van der Waals surface area contributed by atoms with E-state index in [9.17, 15) is 18.0 Å². The SMILES string of the molecule is COc1cc2ncnc(N3CCc4c(cc(Cn5ccnc5)cc4-c4cn(C)nc4C(F)(F)F)C3=O)c2cc1OC. The van der Waals surface area contributed by atoms with Crippen molar-refractivity contribution in [1.82, 2.24) is 29.3 Å². The number of imidazole rings is 1. The normalized spacial score (nSPS) is 13.5. The summed E-state index contributed by atoms with van der Waals surface area (Å²) in [5.41, 5.74) is 1.26. The lowest BCUT2D eigenvalue weighted by molar-refractivity contribution is -0.140. The number of halogens is 3. The number of hydrogen-bond donors (Lipinski definition) is 0. The molecule has 0 unspecified atom stereocenters. The smallest absolute Gasteiger partial charge is 0.435 e. The van der Waals surface area contributed by atoms with Crippen LogP contribution < -0.4 is 14.4 Å². The van der Waals surface area contributed by atoms with Crippen LogP contribution in [-0.4, -0.2) is 56.0 Å². The van der Waals surface area contributed by atoms with Crippen LogP contribution in [0.2, 0.25) is 0 Å². The van der Waals surface area contributed by atoms with E-state index in [1.165, 1.54) is 38.7 Å². The van der Waals surface area contributed by atoms with Crippen molar-refractivity contribution in [2.75, 3.05) is 25.7 Å². The molecule has 0 bridgehead atoms. The lowest BCUT2D eigenvalue weighted by atomic mass is 9.88. The highest BCUT2D eigenvalue weighted by atomic mass is 19.4. The molecule has 10 nitrogen and oxygen atoms in total. The first-order chi connectivity index (χ1) is 19.7. The molecule has 3 aromatic heterocycles. The molecule has 5 aromatic rings. The lowest BCUT2D eigenvalue weighted by Gasteiger charge is -2.30. The maximum absolute atomic E-state index is 14.1. The average molecular weight is 564 g/mol. The van der Waals surface area contributed by atoms with Crippen molar-refractivity contribution in [3.05, 3.63) is 77.9 Å². The molecule has 1 aliphatic heterocycles. The average Bonchev–Trinajstić information content (AvgIpc) is 3.61. The molecule has 0 aliphatic carbocycles. The number of amides is 1. The summed E-state index contributed by atoms with van der Waals surface area (Å²) in [4.78, 5) is 28.4. The predicted molar refractivity (Wildman–Crippen MR) is 143 cm³/mol. The van der Waals surface area contributed by atoms with Crippen molar-refractivity contribution in [2.45, 2.75) is 19.1 Å². The van der Waals surface area contributed by atoms with Crippen LogP contribution >= 0.6 is 0 Å². The summed E-state index contributed by atoms with van der Waals surface area (Å²) < 4.78 is 55.8. The van der Waals surface area contributed by atoms with Gasteiger partial charge in [0.2, 0.25) is 0 Å². The van der Waals surface area contributed by atoms with Crippen molar-refractivity contribution in [3.63, 3.8) is 0 Å². The van der Waals surface area contributed by atoms with Gasteiger partial charge < -0.3 is 14.0 Å². The van der Waals surface area contributed by atoms with Gasteiger partial charge in [-0.25, -0.2) is 15.0 Å². The van der Waals surface area contributed by atoms with Gasteiger partial charge in [-0.3, -0.25) is 14.4 Å². The molecule has 4 heterocycles. The summed E-state index contributed by atoms with van der Waals surface area (Å²) >= 11 is 0. The van der Waals surface area contributed by atoms with Gasteiger partial charge in [0.05, 0.1) is 26.1 Å². The molecule has 1 amide bonds. The van der Waals surface area contributed by atoms with Gasteiger partial charge in [0, 0.05) is 61.3 Å². The van der Waals surface area contributed by atoms with Crippen LogP contribution in [0.25, 0.3) is 22.0 Å². The van der Waals surface area contributed by atoms with Crippen LogP contribution in [0.5, 0.6) is 11.5 Å². The number of aromatic nitrogens is 6. The molecule has 41 heavy (non-hydrogen) atoms. The van der Waals surface area contributed by atoms with E-state index in [1.54, 1.807) is 47.6 Å². The zero-order chi connectivity index (χ0) is 28.9. The number of carbonyl (C=O) groups is 1. The van der Waals surface area contributed by atoms with Gasteiger partial charge in [0.25, 0.3) is 5.91 Å². The third kappa shape index (κ3) is 4.62. The number of fused-ring (bicyclic) bond motifs is 2. The molecule has 0 saturated heterocycles. The van der Waals surface area contributed by atoms with E-state index in [0.717, 1.165) is 4.68 Å². The molecule has 13 heteroatoms. The Morgan fingerprint density at radius 3 is 2.46 bits per heavy atom. The Morgan fingerprint density at radius 1 is 1.00 bits per heavy atom.